The second-order valence-corrected chi connectivity index (χ2v) is 8.03. The fourth-order valence-corrected chi connectivity index (χ4v) is 4.42. The molecule has 0 atom stereocenters. The maximum atomic E-state index is 5.10. The average Bonchev–Trinajstić information content (AvgIpc) is 2.67. The van der Waals surface area contributed by atoms with E-state index in [0.717, 1.165) is 13.0 Å². The summed E-state index contributed by atoms with van der Waals surface area (Å²) in [6.07, 6.45) is 7.65. The number of hydrogen-bond acceptors (Lipinski definition) is 2. The van der Waals surface area contributed by atoms with Gasteiger partial charge >= 0.3 is 0 Å². The summed E-state index contributed by atoms with van der Waals surface area (Å²) < 4.78 is 0. The van der Waals surface area contributed by atoms with E-state index in [1.165, 1.54) is 60.4 Å². The molecule has 136 valence electrons. The highest BCUT2D eigenvalue weighted by molar-refractivity contribution is 6.02. The van der Waals surface area contributed by atoms with Crippen molar-refractivity contribution >= 4 is 17.2 Å². The van der Waals surface area contributed by atoms with Crippen LogP contribution in [0.1, 0.15) is 43.2 Å². The second-order valence-electron chi connectivity index (χ2n) is 8.03. The fraction of sp³-hybridized carbons (Fsp3) is 0.435. The third-order valence-electron chi connectivity index (χ3n) is 5.98. The van der Waals surface area contributed by atoms with E-state index in [1.54, 1.807) is 0 Å². The van der Waals surface area contributed by atoms with Crippen LogP contribution in [0.25, 0.3) is 0 Å². The van der Waals surface area contributed by atoms with E-state index in [0.29, 0.717) is 0 Å². The molecule has 0 amide bonds. The molecule has 2 aromatic rings. The molecule has 0 bridgehead atoms. The fourth-order valence-electron chi connectivity index (χ4n) is 4.42. The number of amidine groups is 1. The third-order valence-corrected chi connectivity index (χ3v) is 5.98. The molecule has 1 spiro atoms. The lowest BCUT2D eigenvalue weighted by atomic mass is 9.67. The lowest BCUT2D eigenvalue weighted by Crippen LogP contribution is -2.43. The van der Waals surface area contributed by atoms with Crippen molar-refractivity contribution in [2.75, 3.05) is 24.3 Å². The van der Waals surface area contributed by atoms with Gasteiger partial charge in [-0.1, -0.05) is 49.6 Å². The van der Waals surface area contributed by atoms with Crippen molar-refractivity contribution in [3.63, 3.8) is 0 Å². The van der Waals surface area contributed by atoms with Crippen molar-refractivity contribution in [2.45, 2.75) is 45.1 Å². The molecule has 2 aliphatic rings. The largest absolute Gasteiger partial charge is 0.378 e. The van der Waals surface area contributed by atoms with Crippen LogP contribution in [0.3, 0.4) is 0 Å². The minimum absolute atomic E-state index is 0.218. The van der Waals surface area contributed by atoms with E-state index >= 15 is 0 Å². The van der Waals surface area contributed by atoms with Gasteiger partial charge in [-0.05, 0) is 48.6 Å². The van der Waals surface area contributed by atoms with Gasteiger partial charge in [0.15, 0.2) is 0 Å². The summed E-state index contributed by atoms with van der Waals surface area (Å²) in [4.78, 5) is 7.23. The molecule has 1 aliphatic carbocycles. The van der Waals surface area contributed by atoms with Gasteiger partial charge in [-0.3, -0.25) is 4.99 Å². The number of fused-ring (bicyclic) bond motifs is 1. The zero-order valence-electron chi connectivity index (χ0n) is 16.0. The minimum Gasteiger partial charge on any atom is -0.378 e. The van der Waals surface area contributed by atoms with Gasteiger partial charge in [-0.15, -0.1) is 0 Å². The van der Waals surface area contributed by atoms with Gasteiger partial charge in [0.2, 0.25) is 0 Å². The first-order chi connectivity index (χ1) is 12.7. The Morgan fingerprint density at radius 2 is 1.69 bits per heavy atom. The first-order valence-corrected chi connectivity index (χ1v) is 9.82. The summed E-state index contributed by atoms with van der Waals surface area (Å²) >= 11 is 0. The van der Waals surface area contributed by atoms with Crippen LogP contribution in [0.2, 0.25) is 0 Å². The van der Waals surface area contributed by atoms with E-state index < -0.39 is 0 Å². The van der Waals surface area contributed by atoms with Gasteiger partial charge in [0.25, 0.3) is 0 Å². The summed E-state index contributed by atoms with van der Waals surface area (Å²) in [6.45, 7) is 0.750. The standard InChI is InChI=1S/C23H29N3/c1-26(2)20-12-10-18(11-13-20)17-24-22-23(14-6-3-7-15-23)16-19-8-4-5-9-21(19)25-22/h4-5,8-13H,3,6-7,14-17H2,1-2H3,(H,24,25). The molecule has 0 radical (unpaired) electrons. The van der Waals surface area contributed by atoms with Gasteiger partial charge < -0.3 is 10.2 Å². The van der Waals surface area contributed by atoms with Gasteiger partial charge in [0.1, 0.15) is 5.84 Å². The number of anilines is 2. The predicted octanol–water partition coefficient (Wildman–Crippen LogP) is 5.27. The normalized spacial score (nSPS) is 19.8. The van der Waals surface area contributed by atoms with Crippen molar-refractivity contribution in [2.24, 2.45) is 10.4 Å². The molecule has 3 heteroatoms. The van der Waals surface area contributed by atoms with Gasteiger partial charge in [-0.25, -0.2) is 0 Å². The van der Waals surface area contributed by atoms with E-state index in [4.69, 9.17) is 4.99 Å². The maximum Gasteiger partial charge on any atom is 0.108 e. The van der Waals surface area contributed by atoms with E-state index in [9.17, 15) is 0 Å². The van der Waals surface area contributed by atoms with Gasteiger partial charge in [0, 0.05) is 30.9 Å². The van der Waals surface area contributed by atoms with Gasteiger partial charge in [-0.2, -0.15) is 0 Å². The number of benzene rings is 2. The molecule has 26 heavy (non-hydrogen) atoms. The average molecular weight is 348 g/mol. The second kappa shape index (κ2) is 7.14. The van der Waals surface area contributed by atoms with Crippen molar-refractivity contribution in [1.82, 2.24) is 0 Å². The number of nitrogens with one attached hydrogen (secondary N) is 1. The summed E-state index contributed by atoms with van der Waals surface area (Å²) in [7, 11) is 4.15. The molecular weight excluding hydrogens is 318 g/mol. The highest BCUT2D eigenvalue weighted by Gasteiger charge is 2.40. The summed E-state index contributed by atoms with van der Waals surface area (Å²) in [6, 6.07) is 17.5. The Hall–Kier alpha value is -2.29. The highest BCUT2D eigenvalue weighted by atomic mass is 15.1. The minimum atomic E-state index is 0.218. The summed E-state index contributed by atoms with van der Waals surface area (Å²) in [5.41, 5.74) is 5.41. The quantitative estimate of drug-likeness (QED) is 0.819. The Balaban J connectivity index is 1.60. The Bertz CT molecular complexity index is 783. The van der Waals surface area contributed by atoms with Crippen LogP contribution in [0.4, 0.5) is 11.4 Å². The predicted molar refractivity (Wildman–Crippen MR) is 111 cm³/mol. The molecular formula is C23H29N3. The SMILES string of the molecule is CN(C)c1ccc(CN=C2Nc3ccccc3CC23CCCCC3)cc1. The molecule has 1 heterocycles. The zero-order valence-corrected chi connectivity index (χ0v) is 16.0. The van der Waals surface area contributed by atoms with E-state index in [2.05, 4.69) is 72.8 Å². The summed E-state index contributed by atoms with van der Waals surface area (Å²) in [5.74, 6) is 1.22. The van der Waals surface area contributed by atoms with Crippen LogP contribution in [0, 0.1) is 5.41 Å². The molecule has 3 nitrogen and oxygen atoms in total. The highest BCUT2D eigenvalue weighted by Crippen LogP contribution is 2.45. The molecule has 0 unspecified atom stereocenters. The number of para-hydroxylation sites is 1. The lowest BCUT2D eigenvalue weighted by Gasteiger charge is -2.42. The molecule has 0 saturated heterocycles. The molecule has 1 fully saturated rings. The molecule has 2 aromatic carbocycles. The third kappa shape index (κ3) is 3.35. The van der Waals surface area contributed by atoms with Crippen molar-refractivity contribution in [3.8, 4) is 0 Å². The number of rotatable bonds is 3. The first-order valence-electron chi connectivity index (χ1n) is 9.82. The number of hydrogen-bond donors (Lipinski definition) is 1. The Kier molecular flexibility index (Phi) is 4.71. The molecule has 1 aliphatic heterocycles. The van der Waals surface area contributed by atoms with Gasteiger partial charge in [0.05, 0.1) is 6.54 Å². The monoisotopic (exact) mass is 347 g/mol. The van der Waals surface area contributed by atoms with Crippen LogP contribution >= 0.6 is 0 Å². The van der Waals surface area contributed by atoms with Crippen LogP contribution < -0.4 is 10.2 Å². The maximum absolute atomic E-state index is 5.10. The number of nitrogens with zero attached hydrogens (tertiary/aromatic N) is 2. The summed E-state index contributed by atoms with van der Waals surface area (Å²) in [5, 5.41) is 3.70. The van der Waals surface area contributed by atoms with Crippen molar-refractivity contribution in [3.05, 3.63) is 59.7 Å². The Labute approximate surface area is 157 Å². The zero-order chi connectivity index (χ0) is 18.0. The van der Waals surface area contributed by atoms with Crippen LogP contribution in [0.15, 0.2) is 53.5 Å². The molecule has 0 aromatic heterocycles. The van der Waals surface area contributed by atoms with E-state index in [1.807, 2.05) is 0 Å². The number of aliphatic imine (C=N–C) groups is 1. The topological polar surface area (TPSA) is 27.6 Å². The molecule has 1 saturated carbocycles. The first kappa shape index (κ1) is 17.1. The van der Waals surface area contributed by atoms with Crippen LogP contribution in [0.5, 0.6) is 0 Å². The van der Waals surface area contributed by atoms with Crippen LogP contribution in [-0.4, -0.2) is 19.9 Å². The smallest absolute Gasteiger partial charge is 0.108 e. The van der Waals surface area contributed by atoms with Crippen molar-refractivity contribution in [1.29, 1.82) is 0 Å². The molecule has 4 rings (SSSR count). The Morgan fingerprint density at radius 1 is 0.962 bits per heavy atom. The van der Waals surface area contributed by atoms with Crippen molar-refractivity contribution < 1.29 is 0 Å². The lowest BCUT2D eigenvalue weighted by molar-refractivity contribution is 0.278. The van der Waals surface area contributed by atoms with Crippen LogP contribution in [-0.2, 0) is 13.0 Å². The molecule has 1 N–H and O–H groups in total. The Morgan fingerprint density at radius 3 is 2.42 bits per heavy atom. The van der Waals surface area contributed by atoms with E-state index in [-0.39, 0.29) is 5.41 Å².